The first kappa shape index (κ1) is 11.9. The van der Waals surface area contributed by atoms with Gasteiger partial charge in [-0.25, -0.2) is 4.98 Å². The highest BCUT2D eigenvalue weighted by Gasteiger charge is 2.08. The molecule has 2 unspecified atom stereocenters. The molecule has 2 atom stereocenters. The second-order valence-corrected chi connectivity index (χ2v) is 4.51. The zero-order valence-electron chi connectivity index (χ0n) is 10.2. The second kappa shape index (κ2) is 5.15. The maximum absolute atomic E-state index is 9.35. The maximum Gasteiger partial charge on any atom is 0.134 e. The van der Waals surface area contributed by atoms with Gasteiger partial charge in [0.1, 0.15) is 5.82 Å². The van der Waals surface area contributed by atoms with Crippen LogP contribution in [0.4, 0.5) is 5.82 Å². The zero-order valence-corrected chi connectivity index (χ0v) is 10.2. The molecule has 0 saturated carbocycles. The van der Waals surface area contributed by atoms with E-state index in [1.165, 1.54) is 5.39 Å². The summed E-state index contributed by atoms with van der Waals surface area (Å²) in [5.41, 5.74) is 0. The number of nitrogens with one attached hydrogen (secondary N) is 1. The topological polar surface area (TPSA) is 45.1 Å². The summed E-state index contributed by atoms with van der Waals surface area (Å²) < 4.78 is 0. The van der Waals surface area contributed by atoms with Crippen molar-refractivity contribution in [2.45, 2.75) is 32.4 Å². The normalized spacial score (nSPS) is 14.5. The Hall–Kier alpha value is -1.61. The first-order chi connectivity index (χ1) is 8.16. The minimum atomic E-state index is -0.299. The predicted octanol–water partition coefficient (Wildman–Crippen LogP) is 2.81. The van der Waals surface area contributed by atoms with E-state index in [1.54, 1.807) is 13.1 Å². The molecule has 90 valence electrons. The van der Waals surface area contributed by atoms with E-state index in [9.17, 15) is 5.11 Å². The first-order valence-electron chi connectivity index (χ1n) is 5.95. The number of hydrogen-bond acceptors (Lipinski definition) is 3. The first-order valence-corrected chi connectivity index (χ1v) is 5.95. The minimum absolute atomic E-state index is 0.202. The van der Waals surface area contributed by atoms with Crippen LogP contribution in [0.25, 0.3) is 10.8 Å². The summed E-state index contributed by atoms with van der Waals surface area (Å²) in [4.78, 5) is 4.36. The van der Waals surface area contributed by atoms with Crippen LogP contribution in [0.1, 0.15) is 20.3 Å². The number of pyridine rings is 1. The summed E-state index contributed by atoms with van der Waals surface area (Å²) in [6.45, 7) is 3.85. The Morgan fingerprint density at radius 3 is 2.76 bits per heavy atom. The van der Waals surface area contributed by atoms with Crippen molar-refractivity contribution in [1.29, 1.82) is 0 Å². The van der Waals surface area contributed by atoms with Gasteiger partial charge in [0.15, 0.2) is 0 Å². The van der Waals surface area contributed by atoms with Crippen molar-refractivity contribution in [3.63, 3.8) is 0 Å². The molecular weight excluding hydrogens is 212 g/mol. The fourth-order valence-electron chi connectivity index (χ4n) is 2.04. The van der Waals surface area contributed by atoms with E-state index in [2.05, 4.69) is 29.4 Å². The Kier molecular flexibility index (Phi) is 3.59. The Morgan fingerprint density at radius 1 is 1.24 bits per heavy atom. The van der Waals surface area contributed by atoms with E-state index in [0.29, 0.717) is 6.42 Å². The Morgan fingerprint density at radius 2 is 2.00 bits per heavy atom. The molecule has 0 radical (unpaired) electrons. The van der Waals surface area contributed by atoms with Gasteiger partial charge in [-0.3, -0.25) is 0 Å². The molecule has 0 fully saturated rings. The van der Waals surface area contributed by atoms with E-state index in [-0.39, 0.29) is 12.1 Å². The van der Waals surface area contributed by atoms with Crippen LogP contribution >= 0.6 is 0 Å². The van der Waals surface area contributed by atoms with Crippen molar-refractivity contribution in [3.8, 4) is 0 Å². The number of anilines is 1. The number of rotatable bonds is 4. The number of aliphatic hydroxyl groups excluding tert-OH is 1. The van der Waals surface area contributed by atoms with Gasteiger partial charge >= 0.3 is 0 Å². The molecule has 3 heteroatoms. The fraction of sp³-hybridized carbons (Fsp3) is 0.357. The Bertz CT molecular complexity index is 491. The largest absolute Gasteiger partial charge is 0.393 e. The smallest absolute Gasteiger partial charge is 0.134 e. The molecule has 2 aromatic rings. The molecule has 0 bridgehead atoms. The molecule has 1 heterocycles. The van der Waals surface area contributed by atoms with Gasteiger partial charge in [0.2, 0.25) is 0 Å². The summed E-state index contributed by atoms with van der Waals surface area (Å²) in [5, 5.41) is 15.0. The number of fused-ring (bicyclic) bond motifs is 1. The van der Waals surface area contributed by atoms with Crippen LogP contribution in [0.3, 0.4) is 0 Å². The third kappa shape index (κ3) is 2.94. The summed E-state index contributed by atoms with van der Waals surface area (Å²) in [7, 11) is 0. The van der Waals surface area contributed by atoms with Gasteiger partial charge in [-0.15, -0.1) is 0 Å². The van der Waals surface area contributed by atoms with Gasteiger partial charge < -0.3 is 10.4 Å². The standard InChI is InChI=1S/C14H18N2O/c1-10(9-11(2)17)16-14-13-6-4-3-5-12(13)7-8-15-14/h3-8,10-11,17H,9H2,1-2H3,(H,15,16). The van der Waals surface area contributed by atoms with E-state index < -0.39 is 0 Å². The van der Waals surface area contributed by atoms with E-state index >= 15 is 0 Å². The van der Waals surface area contributed by atoms with Crippen molar-refractivity contribution in [1.82, 2.24) is 4.98 Å². The average Bonchev–Trinajstić information content (AvgIpc) is 2.28. The molecule has 0 aliphatic carbocycles. The van der Waals surface area contributed by atoms with Crippen molar-refractivity contribution in [2.24, 2.45) is 0 Å². The molecule has 0 spiro atoms. The molecular formula is C14H18N2O. The third-order valence-electron chi connectivity index (χ3n) is 2.75. The molecule has 0 aliphatic rings. The maximum atomic E-state index is 9.35. The van der Waals surface area contributed by atoms with Gasteiger partial charge in [-0.05, 0) is 31.7 Å². The lowest BCUT2D eigenvalue weighted by atomic mass is 10.1. The van der Waals surface area contributed by atoms with E-state index in [4.69, 9.17) is 0 Å². The molecule has 0 aliphatic heterocycles. The summed E-state index contributed by atoms with van der Waals surface area (Å²) >= 11 is 0. The molecule has 17 heavy (non-hydrogen) atoms. The van der Waals surface area contributed by atoms with Crippen molar-refractivity contribution >= 4 is 16.6 Å². The molecule has 0 amide bonds. The number of aromatic nitrogens is 1. The van der Waals surface area contributed by atoms with Gasteiger partial charge in [-0.1, -0.05) is 24.3 Å². The number of hydrogen-bond donors (Lipinski definition) is 2. The van der Waals surface area contributed by atoms with Crippen LogP contribution in [-0.4, -0.2) is 22.2 Å². The van der Waals surface area contributed by atoms with Crippen LogP contribution in [0.15, 0.2) is 36.5 Å². The molecule has 1 aromatic carbocycles. The lowest BCUT2D eigenvalue weighted by Gasteiger charge is -2.17. The van der Waals surface area contributed by atoms with Crippen LogP contribution in [-0.2, 0) is 0 Å². The Labute approximate surface area is 102 Å². The summed E-state index contributed by atoms with van der Waals surface area (Å²) in [6.07, 6.45) is 2.22. The predicted molar refractivity (Wildman–Crippen MR) is 71.1 cm³/mol. The highest BCUT2D eigenvalue weighted by molar-refractivity contribution is 5.91. The molecule has 0 saturated heterocycles. The summed E-state index contributed by atoms with van der Waals surface area (Å²) in [6, 6.07) is 10.4. The number of aliphatic hydroxyl groups is 1. The molecule has 2 rings (SSSR count). The lowest BCUT2D eigenvalue weighted by molar-refractivity contribution is 0.179. The lowest BCUT2D eigenvalue weighted by Crippen LogP contribution is -2.21. The van der Waals surface area contributed by atoms with Crippen molar-refractivity contribution in [2.75, 3.05) is 5.32 Å². The minimum Gasteiger partial charge on any atom is -0.393 e. The highest BCUT2D eigenvalue weighted by Crippen LogP contribution is 2.21. The number of benzene rings is 1. The van der Waals surface area contributed by atoms with Crippen molar-refractivity contribution < 1.29 is 5.11 Å². The molecule has 1 aromatic heterocycles. The Balaban J connectivity index is 2.24. The molecule has 2 N–H and O–H groups in total. The highest BCUT2D eigenvalue weighted by atomic mass is 16.3. The molecule has 3 nitrogen and oxygen atoms in total. The fourth-order valence-corrected chi connectivity index (χ4v) is 2.04. The van der Waals surface area contributed by atoms with Crippen LogP contribution < -0.4 is 5.32 Å². The van der Waals surface area contributed by atoms with E-state index in [0.717, 1.165) is 11.2 Å². The quantitative estimate of drug-likeness (QED) is 0.849. The van der Waals surface area contributed by atoms with Gasteiger partial charge in [0, 0.05) is 17.6 Å². The van der Waals surface area contributed by atoms with Crippen LogP contribution in [0.2, 0.25) is 0 Å². The van der Waals surface area contributed by atoms with E-state index in [1.807, 2.05) is 18.2 Å². The van der Waals surface area contributed by atoms with Crippen LogP contribution in [0.5, 0.6) is 0 Å². The average molecular weight is 230 g/mol. The third-order valence-corrected chi connectivity index (χ3v) is 2.75. The summed E-state index contributed by atoms with van der Waals surface area (Å²) in [5.74, 6) is 0.885. The van der Waals surface area contributed by atoms with Gasteiger partial charge in [0.25, 0.3) is 0 Å². The SMILES string of the molecule is CC(O)CC(C)Nc1nccc2ccccc12. The zero-order chi connectivity index (χ0) is 12.3. The van der Waals surface area contributed by atoms with Crippen LogP contribution in [0, 0.1) is 0 Å². The number of nitrogens with zero attached hydrogens (tertiary/aromatic N) is 1. The van der Waals surface area contributed by atoms with Gasteiger partial charge in [0.05, 0.1) is 6.10 Å². The monoisotopic (exact) mass is 230 g/mol. The van der Waals surface area contributed by atoms with Crippen molar-refractivity contribution in [3.05, 3.63) is 36.5 Å². The second-order valence-electron chi connectivity index (χ2n) is 4.51. The van der Waals surface area contributed by atoms with Gasteiger partial charge in [-0.2, -0.15) is 0 Å².